The van der Waals surface area contributed by atoms with Gasteiger partial charge < -0.3 is 14.8 Å². The third-order valence-corrected chi connectivity index (χ3v) is 5.56. The monoisotopic (exact) mass is 460 g/mol. The number of nitrogens with one attached hydrogen (secondary N) is 2. The lowest BCUT2D eigenvalue weighted by atomic mass is 10.1. The maximum absolute atomic E-state index is 14.5. The highest BCUT2D eigenvalue weighted by molar-refractivity contribution is 7.90. The summed E-state index contributed by atoms with van der Waals surface area (Å²) in [7, 11) is -2.77. The van der Waals surface area contributed by atoms with Gasteiger partial charge in [-0.15, -0.1) is 0 Å². The molecule has 0 aliphatic carbocycles. The van der Waals surface area contributed by atoms with Crippen molar-refractivity contribution >= 4 is 21.4 Å². The number of halogens is 2. The van der Waals surface area contributed by atoms with Gasteiger partial charge in [-0.1, -0.05) is 0 Å². The first-order valence-corrected chi connectivity index (χ1v) is 12.1. The SMILES string of the molecule is C[S@@](=N)(=O)Cc1cc2cc(c1)OCCCCOc1cc(ccc1F)-c1nc(ncc1F)N2. The van der Waals surface area contributed by atoms with Crippen molar-refractivity contribution in [3.63, 3.8) is 0 Å². The van der Waals surface area contributed by atoms with Crippen LogP contribution in [0.25, 0.3) is 11.3 Å². The zero-order chi connectivity index (χ0) is 22.7. The Morgan fingerprint density at radius 3 is 2.66 bits per heavy atom. The molecule has 0 radical (unpaired) electrons. The number of aromatic nitrogens is 2. The van der Waals surface area contributed by atoms with Gasteiger partial charge in [0.2, 0.25) is 5.95 Å². The van der Waals surface area contributed by atoms with Crippen molar-refractivity contribution in [2.75, 3.05) is 24.8 Å². The molecule has 0 saturated heterocycles. The van der Waals surface area contributed by atoms with Crippen LogP contribution in [0.1, 0.15) is 18.4 Å². The minimum atomic E-state index is -2.77. The highest BCUT2D eigenvalue weighted by Crippen LogP contribution is 2.29. The van der Waals surface area contributed by atoms with Gasteiger partial charge in [-0.25, -0.2) is 23.0 Å². The van der Waals surface area contributed by atoms with Gasteiger partial charge in [-0.05, 0) is 48.7 Å². The van der Waals surface area contributed by atoms with Crippen LogP contribution in [-0.4, -0.2) is 33.6 Å². The molecule has 1 aliphatic heterocycles. The van der Waals surface area contributed by atoms with E-state index in [1.54, 1.807) is 18.2 Å². The topological polar surface area (TPSA) is 97.2 Å². The highest BCUT2D eigenvalue weighted by atomic mass is 32.2. The van der Waals surface area contributed by atoms with Crippen LogP contribution >= 0.6 is 0 Å². The van der Waals surface area contributed by atoms with Crippen molar-refractivity contribution in [2.45, 2.75) is 18.6 Å². The molecule has 6 bridgehead atoms. The van der Waals surface area contributed by atoms with Crippen LogP contribution in [0.5, 0.6) is 11.5 Å². The number of ether oxygens (including phenoxy) is 2. The number of hydrogen-bond acceptors (Lipinski definition) is 7. The Bertz CT molecular complexity index is 1250. The molecule has 0 saturated carbocycles. The average Bonchev–Trinajstić information content (AvgIpc) is 2.71. The number of benzene rings is 2. The van der Waals surface area contributed by atoms with Gasteiger partial charge in [0.05, 0.1) is 25.2 Å². The first kappa shape index (κ1) is 21.9. The van der Waals surface area contributed by atoms with Crippen LogP contribution in [0.3, 0.4) is 0 Å². The van der Waals surface area contributed by atoms with Crippen LogP contribution in [0.2, 0.25) is 0 Å². The Morgan fingerprint density at radius 1 is 1.09 bits per heavy atom. The van der Waals surface area contributed by atoms with Crippen LogP contribution in [0, 0.1) is 16.4 Å². The lowest BCUT2D eigenvalue weighted by Crippen LogP contribution is -2.06. The van der Waals surface area contributed by atoms with Crippen molar-refractivity contribution in [1.29, 1.82) is 4.78 Å². The fourth-order valence-electron chi connectivity index (χ4n) is 3.31. The third-order valence-electron chi connectivity index (χ3n) is 4.68. The fraction of sp³-hybridized carbons (Fsp3) is 0.273. The molecule has 1 atom stereocenters. The number of hydrogen-bond donors (Lipinski definition) is 2. The molecule has 4 rings (SSSR count). The number of nitrogens with zero attached hydrogens (tertiary/aromatic N) is 2. The summed E-state index contributed by atoms with van der Waals surface area (Å²) in [6.45, 7) is 0.666. The second kappa shape index (κ2) is 9.07. The van der Waals surface area contributed by atoms with E-state index in [9.17, 15) is 13.0 Å². The van der Waals surface area contributed by atoms with Crippen molar-refractivity contribution in [1.82, 2.24) is 9.97 Å². The highest BCUT2D eigenvalue weighted by Gasteiger charge is 2.15. The fourth-order valence-corrected chi connectivity index (χ4v) is 4.12. The van der Waals surface area contributed by atoms with E-state index in [1.165, 1.54) is 24.5 Å². The van der Waals surface area contributed by atoms with Crippen LogP contribution in [0.15, 0.2) is 42.6 Å². The Balaban J connectivity index is 1.77. The van der Waals surface area contributed by atoms with Crippen LogP contribution < -0.4 is 14.8 Å². The van der Waals surface area contributed by atoms with Crippen LogP contribution in [0.4, 0.5) is 20.4 Å². The molecule has 2 aromatic carbocycles. The molecule has 0 fully saturated rings. The molecule has 7 nitrogen and oxygen atoms in total. The second-order valence-corrected chi connectivity index (χ2v) is 9.88. The minimum absolute atomic E-state index is 0.00481. The molecule has 2 N–H and O–H groups in total. The summed E-state index contributed by atoms with van der Waals surface area (Å²) in [5.74, 6) is -0.473. The van der Waals surface area contributed by atoms with E-state index in [-0.39, 0.29) is 29.8 Å². The maximum Gasteiger partial charge on any atom is 0.227 e. The smallest absolute Gasteiger partial charge is 0.227 e. The largest absolute Gasteiger partial charge is 0.494 e. The van der Waals surface area contributed by atoms with Gasteiger partial charge in [0.1, 0.15) is 11.4 Å². The summed E-state index contributed by atoms with van der Waals surface area (Å²) in [6, 6.07) is 9.25. The predicted molar refractivity (Wildman–Crippen MR) is 118 cm³/mol. The lowest BCUT2D eigenvalue weighted by molar-refractivity contribution is 0.260. The molecule has 32 heavy (non-hydrogen) atoms. The van der Waals surface area contributed by atoms with E-state index in [0.29, 0.717) is 42.0 Å². The van der Waals surface area contributed by atoms with Gasteiger partial charge in [-0.2, -0.15) is 0 Å². The number of rotatable bonds is 2. The Labute approximate surface area is 184 Å². The summed E-state index contributed by atoms with van der Waals surface area (Å²) in [5, 5.41) is 3.01. The molecule has 0 amide bonds. The van der Waals surface area contributed by atoms with Gasteiger partial charge >= 0.3 is 0 Å². The van der Waals surface area contributed by atoms with Gasteiger partial charge in [0.25, 0.3) is 0 Å². The summed E-state index contributed by atoms with van der Waals surface area (Å²) in [4.78, 5) is 8.24. The Morgan fingerprint density at radius 2 is 1.88 bits per heavy atom. The zero-order valence-electron chi connectivity index (χ0n) is 17.4. The Hall–Kier alpha value is -3.27. The molecule has 168 valence electrons. The third kappa shape index (κ3) is 5.50. The molecule has 0 unspecified atom stereocenters. The molecule has 1 aromatic heterocycles. The predicted octanol–water partition coefficient (Wildman–Crippen LogP) is 4.89. The number of fused-ring (bicyclic) bond motifs is 7. The normalized spacial score (nSPS) is 15.6. The van der Waals surface area contributed by atoms with E-state index in [1.807, 2.05) is 0 Å². The first-order valence-electron chi connectivity index (χ1n) is 9.97. The van der Waals surface area contributed by atoms with E-state index >= 15 is 0 Å². The van der Waals surface area contributed by atoms with Gasteiger partial charge in [0, 0.05) is 33.3 Å². The average molecular weight is 461 g/mol. The summed E-state index contributed by atoms with van der Waals surface area (Å²) < 4.78 is 59.7. The van der Waals surface area contributed by atoms with Crippen molar-refractivity contribution in [2.24, 2.45) is 0 Å². The zero-order valence-corrected chi connectivity index (χ0v) is 18.2. The molecule has 3 aromatic rings. The van der Waals surface area contributed by atoms with Crippen molar-refractivity contribution in [3.8, 4) is 22.8 Å². The van der Waals surface area contributed by atoms with E-state index in [4.69, 9.17) is 14.3 Å². The Kier molecular flexibility index (Phi) is 6.22. The molecule has 0 spiro atoms. The van der Waals surface area contributed by atoms with Crippen molar-refractivity contribution < 1.29 is 22.5 Å². The maximum atomic E-state index is 14.5. The standard InChI is InChI=1S/C22H22F2N4O3S/c1-32(25,29)13-14-8-16-11-17(9-14)30-6-2-3-7-31-20-10-15(4-5-18(20)23)21-19(24)12-26-22(27-16)28-21/h4-5,8-12,25H,2-3,6-7,13H2,1H3,(H,26,27,28)/t32-/m1/s1. The molecular formula is C22H22F2N4O3S. The first-order chi connectivity index (χ1) is 15.3. The molecular weight excluding hydrogens is 438 g/mol. The van der Waals surface area contributed by atoms with Crippen LogP contribution in [-0.2, 0) is 15.5 Å². The molecule has 2 heterocycles. The van der Waals surface area contributed by atoms with Gasteiger partial charge in [-0.3, -0.25) is 4.78 Å². The lowest BCUT2D eigenvalue weighted by Gasteiger charge is -2.14. The van der Waals surface area contributed by atoms with E-state index in [2.05, 4.69) is 15.3 Å². The minimum Gasteiger partial charge on any atom is -0.494 e. The quantitative estimate of drug-likeness (QED) is 0.565. The molecule has 1 aliphatic rings. The summed E-state index contributed by atoms with van der Waals surface area (Å²) >= 11 is 0. The van der Waals surface area contributed by atoms with Crippen molar-refractivity contribution in [3.05, 3.63) is 59.8 Å². The summed E-state index contributed by atoms with van der Waals surface area (Å²) in [5.41, 5.74) is 1.56. The van der Waals surface area contributed by atoms with Gasteiger partial charge in [0.15, 0.2) is 17.4 Å². The van der Waals surface area contributed by atoms with E-state index < -0.39 is 21.4 Å². The molecule has 10 heteroatoms. The van der Waals surface area contributed by atoms with E-state index in [0.717, 1.165) is 6.20 Å². The summed E-state index contributed by atoms with van der Waals surface area (Å²) in [6.07, 6.45) is 3.68. The second-order valence-electron chi connectivity index (χ2n) is 7.58. The number of anilines is 2.